The van der Waals surface area contributed by atoms with Crippen molar-refractivity contribution in [1.29, 1.82) is 0 Å². The quantitative estimate of drug-likeness (QED) is 0.228. The van der Waals surface area contributed by atoms with Crippen LogP contribution in [-0.2, 0) is 16.0 Å². The summed E-state index contributed by atoms with van der Waals surface area (Å²) in [5.41, 5.74) is 1.12. The van der Waals surface area contributed by atoms with Crippen molar-refractivity contribution >= 4 is 29.9 Å². The minimum Gasteiger partial charge on any atom is -0.494 e. The van der Waals surface area contributed by atoms with Crippen molar-refractivity contribution in [1.82, 2.24) is 10.6 Å². The maximum absolute atomic E-state index is 5.79. The Morgan fingerprint density at radius 1 is 1.22 bits per heavy atom. The van der Waals surface area contributed by atoms with E-state index >= 15 is 0 Å². The van der Waals surface area contributed by atoms with Crippen LogP contribution in [0, 0.1) is 5.92 Å². The van der Waals surface area contributed by atoms with Crippen molar-refractivity contribution in [3.8, 4) is 5.75 Å². The van der Waals surface area contributed by atoms with E-state index in [0.29, 0.717) is 19.1 Å². The van der Waals surface area contributed by atoms with Crippen molar-refractivity contribution in [3.63, 3.8) is 0 Å². The standard InChI is InChI=1S/C20H33N3O3.HI/c1-3-26-19-8-5-4-7-18(19)15-23-20(21-2)22-11-6-12-25-16-17-9-13-24-14-10-17;/h4-5,7-8,17H,3,6,9-16H2,1-2H3,(H2,21,22,23);1H. The molecule has 1 heterocycles. The van der Waals surface area contributed by atoms with E-state index in [1.165, 1.54) is 0 Å². The molecule has 0 atom stereocenters. The summed E-state index contributed by atoms with van der Waals surface area (Å²) in [4.78, 5) is 4.27. The second-order valence-electron chi connectivity index (χ2n) is 6.38. The molecule has 1 aliphatic rings. The molecule has 2 rings (SSSR count). The number of ether oxygens (including phenoxy) is 3. The highest BCUT2D eigenvalue weighted by molar-refractivity contribution is 14.0. The number of benzene rings is 1. The molecule has 0 bridgehead atoms. The van der Waals surface area contributed by atoms with E-state index < -0.39 is 0 Å². The molecule has 1 aromatic carbocycles. The van der Waals surface area contributed by atoms with Gasteiger partial charge in [-0.2, -0.15) is 0 Å². The van der Waals surface area contributed by atoms with E-state index in [1.54, 1.807) is 7.05 Å². The SMILES string of the molecule is CCOc1ccccc1CNC(=NC)NCCCOCC1CCOCC1.I. The van der Waals surface area contributed by atoms with E-state index in [2.05, 4.69) is 21.7 Å². The molecule has 0 saturated carbocycles. The molecule has 0 aliphatic carbocycles. The molecule has 27 heavy (non-hydrogen) atoms. The summed E-state index contributed by atoms with van der Waals surface area (Å²) in [5.74, 6) is 2.37. The topological polar surface area (TPSA) is 64.1 Å². The molecule has 0 radical (unpaired) electrons. The average Bonchev–Trinajstić information content (AvgIpc) is 2.69. The Kier molecular flexibility index (Phi) is 13.3. The minimum absolute atomic E-state index is 0. The highest BCUT2D eigenvalue weighted by Gasteiger charge is 2.13. The van der Waals surface area contributed by atoms with Crippen LogP contribution in [0.4, 0.5) is 0 Å². The summed E-state index contributed by atoms with van der Waals surface area (Å²) in [5, 5.41) is 6.66. The molecule has 7 heteroatoms. The zero-order valence-electron chi connectivity index (χ0n) is 16.5. The van der Waals surface area contributed by atoms with Gasteiger partial charge < -0.3 is 24.8 Å². The molecule has 154 valence electrons. The lowest BCUT2D eigenvalue weighted by Gasteiger charge is -2.21. The van der Waals surface area contributed by atoms with Crippen LogP contribution in [0.5, 0.6) is 5.75 Å². The maximum atomic E-state index is 5.79. The number of hydrogen-bond acceptors (Lipinski definition) is 4. The molecular weight excluding hydrogens is 457 g/mol. The first kappa shape index (κ1) is 24.0. The molecule has 0 amide bonds. The fraction of sp³-hybridized carbons (Fsp3) is 0.650. The average molecular weight is 491 g/mol. The van der Waals surface area contributed by atoms with Crippen LogP contribution < -0.4 is 15.4 Å². The molecule has 1 saturated heterocycles. The number of hydrogen-bond donors (Lipinski definition) is 2. The molecule has 0 spiro atoms. The Bertz CT molecular complexity index is 537. The smallest absolute Gasteiger partial charge is 0.191 e. The monoisotopic (exact) mass is 491 g/mol. The van der Waals surface area contributed by atoms with Gasteiger partial charge in [0.25, 0.3) is 0 Å². The summed E-state index contributed by atoms with van der Waals surface area (Å²) < 4.78 is 16.8. The Hall–Kier alpha value is -1.06. The predicted octanol–water partition coefficient (Wildman–Crippen LogP) is 3.20. The molecule has 0 unspecified atom stereocenters. The van der Waals surface area contributed by atoms with Gasteiger partial charge in [0.1, 0.15) is 5.75 Å². The summed E-state index contributed by atoms with van der Waals surface area (Å²) in [7, 11) is 1.78. The van der Waals surface area contributed by atoms with Crippen LogP contribution in [0.3, 0.4) is 0 Å². The van der Waals surface area contributed by atoms with Gasteiger partial charge in [0.05, 0.1) is 6.61 Å². The second kappa shape index (κ2) is 14.9. The highest BCUT2D eigenvalue weighted by atomic mass is 127. The van der Waals surface area contributed by atoms with Crippen LogP contribution in [-0.4, -0.2) is 52.6 Å². The van der Waals surface area contributed by atoms with Crippen molar-refractivity contribution < 1.29 is 14.2 Å². The lowest BCUT2D eigenvalue weighted by atomic mass is 10.0. The summed E-state index contributed by atoms with van der Waals surface area (Å²) in [6.07, 6.45) is 3.20. The van der Waals surface area contributed by atoms with Gasteiger partial charge in [-0.1, -0.05) is 18.2 Å². The summed E-state index contributed by atoms with van der Waals surface area (Å²) >= 11 is 0. The maximum Gasteiger partial charge on any atom is 0.191 e. The Balaban J connectivity index is 0.00000364. The van der Waals surface area contributed by atoms with E-state index in [0.717, 1.165) is 69.5 Å². The fourth-order valence-corrected chi connectivity index (χ4v) is 2.89. The van der Waals surface area contributed by atoms with E-state index in [1.807, 2.05) is 25.1 Å². The first-order valence-electron chi connectivity index (χ1n) is 9.64. The van der Waals surface area contributed by atoms with Crippen LogP contribution in [0.1, 0.15) is 31.7 Å². The number of guanidine groups is 1. The highest BCUT2D eigenvalue weighted by Crippen LogP contribution is 2.17. The van der Waals surface area contributed by atoms with Crippen molar-refractivity contribution in [2.75, 3.05) is 46.6 Å². The van der Waals surface area contributed by atoms with Gasteiger partial charge in [-0.25, -0.2) is 0 Å². The van der Waals surface area contributed by atoms with Gasteiger partial charge in [0.2, 0.25) is 0 Å². The Morgan fingerprint density at radius 3 is 2.74 bits per heavy atom. The van der Waals surface area contributed by atoms with Crippen molar-refractivity contribution in [2.24, 2.45) is 10.9 Å². The molecule has 6 nitrogen and oxygen atoms in total. The minimum atomic E-state index is 0. The molecule has 0 aromatic heterocycles. The number of nitrogens with zero attached hydrogens (tertiary/aromatic N) is 1. The number of halogens is 1. The van der Waals surface area contributed by atoms with E-state index in [4.69, 9.17) is 14.2 Å². The zero-order chi connectivity index (χ0) is 18.5. The first-order valence-corrected chi connectivity index (χ1v) is 9.64. The first-order chi connectivity index (χ1) is 12.8. The lowest BCUT2D eigenvalue weighted by Crippen LogP contribution is -2.37. The third-order valence-corrected chi connectivity index (χ3v) is 4.39. The Morgan fingerprint density at radius 2 is 2.00 bits per heavy atom. The molecular formula is C20H34IN3O3. The van der Waals surface area contributed by atoms with Crippen LogP contribution >= 0.6 is 24.0 Å². The second-order valence-corrected chi connectivity index (χ2v) is 6.38. The van der Waals surface area contributed by atoms with Crippen molar-refractivity contribution in [2.45, 2.75) is 32.7 Å². The molecule has 1 fully saturated rings. The van der Waals surface area contributed by atoms with Gasteiger partial charge in [0.15, 0.2) is 5.96 Å². The van der Waals surface area contributed by atoms with Crippen LogP contribution in [0.15, 0.2) is 29.3 Å². The van der Waals surface area contributed by atoms with Gasteiger partial charge >= 0.3 is 0 Å². The van der Waals surface area contributed by atoms with Gasteiger partial charge in [0, 0.05) is 52.1 Å². The molecule has 1 aromatic rings. The van der Waals surface area contributed by atoms with Crippen molar-refractivity contribution in [3.05, 3.63) is 29.8 Å². The van der Waals surface area contributed by atoms with Gasteiger partial charge in [-0.05, 0) is 38.2 Å². The summed E-state index contributed by atoms with van der Waals surface area (Å²) in [6, 6.07) is 8.06. The largest absolute Gasteiger partial charge is 0.494 e. The van der Waals surface area contributed by atoms with Gasteiger partial charge in [-0.3, -0.25) is 4.99 Å². The number of nitrogens with one attached hydrogen (secondary N) is 2. The van der Waals surface area contributed by atoms with Gasteiger partial charge in [-0.15, -0.1) is 24.0 Å². The third kappa shape index (κ3) is 9.62. The predicted molar refractivity (Wildman–Crippen MR) is 120 cm³/mol. The number of aliphatic imine (C=N–C) groups is 1. The molecule has 2 N–H and O–H groups in total. The van der Waals surface area contributed by atoms with E-state index in [9.17, 15) is 0 Å². The Labute approximate surface area is 180 Å². The number of rotatable bonds is 10. The lowest BCUT2D eigenvalue weighted by molar-refractivity contribution is 0.0203. The zero-order valence-corrected chi connectivity index (χ0v) is 18.9. The van der Waals surface area contributed by atoms with E-state index in [-0.39, 0.29) is 24.0 Å². The number of para-hydroxylation sites is 1. The van der Waals surface area contributed by atoms with Crippen LogP contribution in [0.2, 0.25) is 0 Å². The van der Waals surface area contributed by atoms with Crippen LogP contribution in [0.25, 0.3) is 0 Å². The third-order valence-electron chi connectivity index (χ3n) is 4.39. The normalized spacial score (nSPS) is 15.1. The fourth-order valence-electron chi connectivity index (χ4n) is 2.89. The summed E-state index contributed by atoms with van der Waals surface area (Å²) in [6.45, 7) is 7.55. The molecule has 1 aliphatic heterocycles.